The molecule has 4 rings (SSSR count). The van der Waals surface area contributed by atoms with Gasteiger partial charge in [0.15, 0.2) is 0 Å². The Hall–Kier alpha value is -3.11. The lowest BCUT2D eigenvalue weighted by Gasteiger charge is -2.35. The summed E-state index contributed by atoms with van der Waals surface area (Å²) in [5, 5.41) is 0. The van der Waals surface area contributed by atoms with E-state index >= 15 is 0 Å². The van der Waals surface area contributed by atoms with Gasteiger partial charge in [-0.1, -0.05) is 72.8 Å². The highest BCUT2D eigenvalue weighted by atomic mass is 16.5. The number of nitrogens with zero attached hydrogens (tertiary/aromatic N) is 1. The third-order valence-electron chi connectivity index (χ3n) is 5.24. The first-order valence-electron chi connectivity index (χ1n) is 9.58. The molecule has 3 aromatic rings. The average molecular weight is 372 g/mol. The number of hydrogen-bond acceptors (Lipinski definition) is 3. The number of ether oxygens (including phenoxy) is 1. The average Bonchev–Trinajstić information content (AvgIpc) is 2.73. The van der Waals surface area contributed by atoms with Crippen molar-refractivity contribution in [2.45, 2.75) is 25.6 Å². The molecule has 4 heteroatoms. The SMILES string of the molecule is NC(=O)C1c2ccccc2CCN1Cc1ccccc1OCc1ccccc1. The zero-order chi connectivity index (χ0) is 19.3. The molecule has 3 aromatic carbocycles. The molecule has 1 atom stereocenters. The quantitative estimate of drug-likeness (QED) is 0.715. The van der Waals surface area contributed by atoms with Gasteiger partial charge in [-0.15, -0.1) is 0 Å². The first-order valence-corrected chi connectivity index (χ1v) is 9.58. The number of hydrogen-bond donors (Lipinski definition) is 1. The fourth-order valence-electron chi connectivity index (χ4n) is 3.85. The van der Waals surface area contributed by atoms with Crippen molar-refractivity contribution in [1.82, 2.24) is 4.90 Å². The smallest absolute Gasteiger partial charge is 0.239 e. The number of rotatable bonds is 6. The van der Waals surface area contributed by atoms with E-state index in [1.807, 2.05) is 66.7 Å². The molecule has 1 heterocycles. The summed E-state index contributed by atoms with van der Waals surface area (Å²) >= 11 is 0. The van der Waals surface area contributed by atoms with Crippen LogP contribution in [0.15, 0.2) is 78.9 Å². The van der Waals surface area contributed by atoms with E-state index in [1.54, 1.807) is 0 Å². The molecule has 0 saturated heterocycles. The highest BCUT2D eigenvalue weighted by Crippen LogP contribution is 2.32. The molecular formula is C24H24N2O2. The van der Waals surface area contributed by atoms with Crippen LogP contribution in [-0.2, 0) is 24.4 Å². The third kappa shape index (κ3) is 3.92. The Morgan fingerprint density at radius 3 is 2.50 bits per heavy atom. The summed E-state index contributed by atoms with van der Waals surface area (Å²) in [6.07, 6.45) is 0.910. The van der Waals surface area contributed by atoms with E-state index in [9.17, 15) is 4.79 Å². The molecule has 0 aromatic heterocycles. The highest BCUT2D eigenvalue weighted by Gasteiger charge is 2.31. The topological polar surface area (TPSA) is 55.6 Å². The van der Waals surface area contributed by atoms with E-state index < -0.39 is 6.04 Å². The van der Waals surface area contributed by atoms with Crippen molar-refractivity contribution < 1.29 is 9.53 Å². The van der Waals surface area contributed by atoms with Crippen LogP contribution in [0.3, 0.4) is 0 Å². The van der Waals surface area contributed by atoms with Crippen LogP contribution < -0.4 is 10.5 Å². The van der Waals surface area contributed by atoms with Gasteiger partial charge in [0, 0.05) is 18.7 Å². The second-order valence-corrected chi connectivity index (χ2v) is 7.11. The lowest BCUT2D eigenvalue weighted by Crippen LogP contribution is -2.42. The van der Waals surface area contributed by atoms with E-state index in [2.05, 4.69) is 17.0 Å². The molecule has 0 radical (unpaired) electrons. The second kappa shape index (κ2) is 8.28. The number of benzene rings is 3. The summed E-state index contributed by atoms with van der Waals surface area (Å²) < 4.78 is 6.09. The summed E-state index contributed by atoms with van der Waals surface area (Å²) in [5.74, 6) is 0.531. The van der Waals surface area contributed by atoms with E-state index in [0.29, 0.717) is 13.2 Å². The third-order valence-corrected chi connectivity index (χ3v) is 5.24. The first-order chi connectivity index (χ1) is 13.7. The number of primary amides is 1. The van der Waals surface area contributed by atoms with Crippen LogP contribution in [0.5, 0.6) is 5.75 Å². The maximum absolute atomic E-state index is 12.3. The van der Waals surface area contributed by atoms with Gasteiger partial charge in [-0.2, -0.15) is 0 Å². The van der Waals surface area contributed by atoms with Gasteiger partial charge in [0.25, 0.3) is 0 Å². The summed E-state index contributed by atoms with van der Waals surface area (Å²) in [6, 6.07) is 25.8. The Labute approximate surface area is 165 Å². The van der Waals surface area contributed by atoms with E-state index in [1.165, 1.54) is 5.56 Å². The Morgan fingerprint density at radius 1 is 0.964 bits per heavy atom. The Bertz CT molecular complexity index is 956. The monoisotopic (exact) mass is 372 g/mol. The molecule has 0 aliphatic carbocycles. The van der Waals surface area contributed by atoms with Crippen LogP contribution in [0, 0.1) is 0 Å². The van der Waals surface area contributed by atoms with Gasteiger partial charge in [-0.05, 0) is 29.2 Å². The first kappa shape index (κ1) is 18.3. The Kier molecular flexibility index (Phi) is 5.40. The van der Waals surface area contributed by atoms with Gasteiger partial charge < -0.3 is 10.5 Å². The second-order valence-electron chi connectivity index (χ2n) is 7.11. The minimum absolute atomic E-state index is 0.310. The molecule has 142 valence electrons. The molecule has 1 aliphatic rings. The molecule has 0 spiro atoms. The molecular weight excluding hydrogens is 348 g/mol. The molecule has 1 unspecified atom stereocenters. The summed E-state index contributed by atoms with van der Waals surface area (Å²) in [7, 11) is 0. The van der Waals surface area contributed by atoms with Crippen LogP contribution in [0.25, 0.3) is 0 Å². The molecule has 0 fully saturated rings. The molecule has 2 N–H and O–H groups in total. The molecule has 0 bridgehead atoms. The molecule has 4 nitrogen and oxygen atoms in total. The Morgan fingerprint density at radius 2 is 1.68 bits per heavy atom. The molecule has 1 aliphatic heterocycles. The Balaban J connectivity index is 1.55. The highest BCUT2D eigenvalue weighted by molar-refractivity contribution is 5.82. The van der Waals surface area contributed by atoms with Gasteiger partial charge in [-0.3, -0.25) is 9.69 Å². The van der Waals surface area contributed by atoms with Crippen LogP contribution in [0.4, 0.5) is 0 Å². The van der Waals surface area contributed by atoms with Crippen LogP contribution >= 0.6 is 0 Å². The van der Waals surface area contributed by atoms with Crippen LogP contribution in [-0.4, -0.2) is 17.4 Å². The number of amides is 1. The largest absolute Gasteiger partial charge is 0.489 e. The van der Waals surface area contributed by atoms with Crippen molar-refractivity contribution in [3.63, 3.8) is 0 Å². The van der Waals surface area contributed by atoms with Crippen molar-refractivity contribution in [2.75, 3.05) is 6.54 Å². The van der Waals surface area contributed by atoms with Crippen molar-refractivity contribution in [1.29, 1.82) is 0 Å². The predicted octanol–water partition coefficient (Wildman–Crippen LogP) is 3.85. The summed E-state index contributed by atoms with van der Waals surface area (Å²) in [5.41, 5.74) is 10.2. The van der Waals surface area contributed by atoms with Crippen LogP contribution in [0.2, 0.25) is 0 Å². The zero-order valence-electron chi connectivity index (χ0n) is 15.8. The number of para-hydroxylation sites is 1. The van der Waals surface area contributed by atoms with E-state index in [4.69, 9.17) is 10.5 Å². The number of carbonyl (C=O) groups is 1. The normalized spacial score (nSPS) is 16.4. The van der Waals surface area contributed by atoms with E-state index in [0.717, 1.165) is 35.4 Å². The molecule has 1 amide bonds. The maximum atomic E-state index is 12.3. The molecule has 28 heavy (non-hydrogen) atoms. The predicted molar refractivity (Wildman–Crippen MR) is 110 cm³/mol. The summed E-state index contributed by atoms with van der Waals surface area (Å²) in [6.45, 7) is 1.92. The minimum atomic E-state index is -0.410. The fourth-order valence-corrected chi connectivity index (χ4v) is 3.85. The van der Waals surface area contributed by atoms with E-state index in [-0.39, 0.29) is 5.91 Å². The van der Waals surface area contributed by atoms with Crippen molar-refractivity contribution in [3.05, 3.63) is 101 Å². The lowest BCUT2D eigenvalue weighted by molar-refractivity contribution is -0.124. The van der Waals surface area contributed by atoms with Gasteiger partial charge in [0.1, 0.15) is 18.4 Å². The van der Waals surface area contributed by atoms with Crippen molar-refractivity contribution >= 4 is 5.91 Å². The fraction of sp³-hybridized carbons (Fsp3) is 0.208. The van der Waals surface area contributed by atoms with Crippen LogP contribution in [0.1, 0.15) is 28.3 Å². The standard InChI is InChI=1S/C24H24N2O2/c25-24(27)23-21-12-6-4-10-19(21)14-15-26(23)16-20-11-5-7-13-22(20)28-17-18-8-2-1-3-9-18/h1-13,23H,14-17H2,(H2,25,27). The maximum Gasteiger partial charge on any atom is 0.239 e. The lowest BCUT2D eigenvalue weighted by atomic mass is 9.91. The van der Waals surface area contributed by atoms with Gasteiger partial charge in [0.05, 0.1) is 0 Å². The van der Waals surface area contributed by atoms with Crippen molar-refractivity contribution in [3.8, 4) is 5.75 Å². The zero-order valence-corrected chi connectivity index (χ0v) is 15.8. The number of carbonyl (C=O) groups excluding carboxylic acids is 1. The van der Waals surface area contributed by atoms with Gasteiger partial charge >= 0.3 is 0 Å². The number of nitrogens with two attached hydrogens (primary N) is 1. The minimum Gasteiger partial charge on any atom is -0.489 e. The summed E-state index contributed by atoms with van der Waals surface area (Å²) in [4.78, 5) is 14.4. The van der Waals surface area contributed by atoms with Gasteiger partial charge in [0.2, 0.25) is 5.91 Å². The van der Waals surface area contributed by atoms with Crippen molar-refractivity contribution in [2.24, 2.45) is 5.73 Å². The number of fused-ring (bicyclic) bond motifs is 1. The van der Waals surface area contributed by atoms with Gasteiger partial charge in [-0.25, -0.2) is 0 Å². The molecule has 0 saturated carbocycles.